The summed E-state index contributed by atoms with van der Waals surface area (Å²) in [6.45, 7) is 5.58. The smallest absolute Gasteiger partial charge is 0.259 e. The summed E-state index contributed by atoms with van der Waals surface area (Å²) in [6.07, 6.45) is 4.80. The lowest BCUT2D eigenvalue weighted by molar-refractivity contribution is 0.102. The van der Waals surface area contributed by atoms with Crippen molar-refractivity contribution in [1.29, 1.82) is 0 Å². The van der Waals surface area contributed by atoms with Crippen LogP contribution in [0.5, 0.6) is 5.75 Å². The quantitative estimate of drug-likeness (QED) is 0.560. The molecule has 1 amide bonds. The Labute approximate surface area is 193 Å². The Morgan fingerprint density at radius 1 is 1.18 bits per heavy atom. The number of halogens is 1. The molecule has 2 heterocycles. The zero-order chi connectivity index (χ0) is 23.4. The van der Waals surface area contributed by atoms with Gasteiger partial charge in [-0.3, -0.25) is 9.69 Å². The van der Waals surface area contributed by atoms with Gasteiger partial charge in [-0.25, -0.2) is 14.4 Å². The molecular weight excluding hydrogens is 419 g/mol. The molecule has 6 nitrogen and oxygen atoms in total. The van der Waals surface area contributed by atoms with Crippen LogP contribution in [0.2, 0.25) is 0 Å². The van der Waals surface area contributed by atoms with Gasteiger partial charge in [0.15, 0.2) is 0 Å². The van der Waals surface area contributed by atoms with E-state index in [-0.39, 0.29) is 17.8 Å². The lowest BCUT2D eigenvalue weighted by atomic mass is 9.99. The van der Waals surface area contributed by atoms with Crippen molar-refractivity contribution >= 4 is 11.6 Å². The van der Waals surface area contributed by atoms with E-state index in [4.69, 9.17) is 9.72 Å². The zero-order valence-corrected chi connectivity index (χ0v) is 19.3. The standard InChI is InChI=1S/C26H29FN4O2/c1-17-7-8-19(24(14-17)33-3)16-31-13-5-4-6-23(31)25-28-15-22(18(2)29-25)26(32)30-21-11-9-20(27)10-12-21/h7-12,14-15,23H,4-6,13,16H2,1-3H3,(H,30,32). The molecule has 0 radical (unpaired) electrons. The number of carbonyl (C=O) groups is 1. The number of amides is 1. The Kier molecular flexibility index (Phi) is 6.99. The number of aromatic nitrogens is 2. The number of aryl methyl sites for hydroxylation is 2. The van der Waals surface area contributed by atoms with Crippen molar-refractivity contribution in [2.24, 2.45) is 0 Å². The summed E-state index contributed by atoms with van der Waals surface area (Å²) < 4.78 is 18.7. The van der Waals surface area contributed by atoms with E-state index in [1.54, 1.807) is 13.3 Å². The molecule has 0 aliphatic carbocycles. The number of hydrogen-bond donors (Lipinski definition) is 1. The molecule has 0 spiro atoms. The minimum absolute atomic E-state index is 0.0812. The molecular formula is C26H29FN4O2. The van der Waals surface area contributed by atoms with Gasteiger partial charge in [-0.2, -0.15) is 0 Å². The first-order valence-corrected chi connectivity index (χ1v) is 11.2. The third-order valence-electron chi connectivity index (χ3n) is 6.07. The van der Waals surface area contributed by atoms with Crippen molar-refractivity contribution in [1.82, 2.24) is 14.9 Å². The van der Waals surface area contributed by atoms with Gasteiger partial charge in [-0.05, 0) is 69.1 Å². The maximum absolute atomic E-state index is 13.1. The number of carbonyl (C=O) groups excluding carboxylic acids is 1. The number of piperidine rings is 1. The van der Waals surface area contributed by atoms with Gasteiger partial charge < -0.3 is 10.1 Å². The molecule has 1 saturated heterocycles. The van der Waals surface area contributed by atoms with Crippen molar-refractivity contribution in [3.63, 3.8) is 0 Å². The van der Waals surface area contributed by atoms with Crippen molar-refractivity contribution < 1.29 is 13.9 Å². The highest BCUT2D eigenvalue weighted by atomic mass is 19.1. The van der Waals surface area contributed by atoms with E-state index in [0.29, 0.717) is 16.9 Å². The molecule has 33 heavy (non-hydrogen) atoms. The molecule has 0 bridgehead atoms. The number of nitrogens with one attached hydrogen (secondary N) is 1. The molecule has 2 aromatic carbocycles. The van der Waals surface area contributed by atoms with E-state index in [1.165, 1.54) is 29.8 Å². The first kappa shape index (κ1) is 22.9. The maximum atomic E-state index is 13.1. The van der Waals surface area contributed by atoms with Crippen LogP contribution < -0.4 is 10.1 Å². The van der Waals surface area contributed by atoms with Crippen LogP contribution in [0.25, 0.3) is 0 Å². The molecule has 7 heteroatoms. The van der Waals surface area contributed by atoms with E-state index in [2.05, 4.69) is 40.3 Å². The largest absolute Gasteiger partial charge is 0.496 e. The van der Waals surface area contributed by atoms with Crippen molar-refractivity contribution in [2.75, 3.05) is 19.0 Å². The lowest BCUT2D eigenvalue weighted by Crippen LogP contribution is -2.34. The molecule has 1 atom stereocenters. The van der Waals surface area contributed by atoms with E-state index >= 15 is 0 Å². The summed E-state index contributed by atoms with van der Waals surface area (Å²) >= 11 is 0. The average Bonchev–Trinajstić information content (AvgIpc) is 2.82. The monoisotopic (exact) mass is 448 g/mol. The van der Waals surface area contributed by atoms with Crippen LogP contribution in [0.3, 0.4) is 0 Å². The van der Waals surface area contributed by atoms with Gasteiger partial charge >= 0.3 is 0 Å². The van der Waals surface area contributed by atoms with Gasteiger partial charge in [0.05, 0.1) is 24.4 Å². The predicted molar refractivity (Wildman–Crippen MR) is 126 cm³/mol. The Balaban J connectivity index is 1.52. The topological polar surface area (TPSA) is 67.3 Å². The minimum Gasteiger partial charge on any atom is -0.496 e. The van der Waals surface area contributed by atoms with Crippen LogP contribution >= 0.6 is 0 Å². The lowest BCUT2D eigenvalue weighted by Gasteiger charge is -2.35. The number of likely N-dealkylation sites (tertiary alicyclic amines) is 1. The van der Waals surface area contributed by atoms with Crippen LogP contribution in [0.4, 0.5) is 10.1 Å². The molecule has 4 rings (SSSR count). The van der Waals surface area contributed by atoms with Gasteiger partial charge in [0.1, 0.15) is 17.4 Å². The first-order valence-electron chi connectivity index (χ1n) is 11.2. The SMILES string of the molecule is COc1cc(C)ccc1CN1CCCCC1c1ncc(C(=O)Nc2ccc(F)cc2)c(C)n1. The van der Waals surface area contributed by atoms with Gasteiger partial charge in [-0.15, -0.1) is 0 Å². The Hall–Kier alpha value is -3.32. The molecule has 1 aromatic heterocycles. The highest BCUT2D eigenvalue weighted by Gasteiger charge is 2.28. The van der Waals surface area contributed by atoms with Crippen LogP contribution in [0.1, 0.15) is 58.3 Å². The number of anilines is 1. The molecule has 1 aliphatic heterocycles. The number of methoxy groups -OCH3 is 1. The molecule has 3 aromatic rings. The highest BCUT2D eigenvalue weighted by molar-refractivity contribution is 6.04. The second kappa shape index (κ2) is 10.1. The van der Waals surface area contributed by atoms with Crippen LogP contribution in [-0.4, -0.2) is 34.4 Å². The maximum Gasteiger partial charge on any atom is 0.259 e. The number of ether oxygens (including phenoxy) is 1. The fraction of sp³-hybridized carbons (Fsp3) is 0.346. The fourth-order valence-electron chi connectivity index (χ4n) is 4.27. The summed E-state index contributed by atoms with van der Waals surface area (Å²) in [5.74, 6) is 0.966. The first-order chi connectivity index (χ1) is 15.9. The summed E-state index contributed by atoms with van der Waals surface area (Å²) in [4.78, 5) is 24.4. The molecule has 1 aliphatic rings. The van der Waals surface area contributed by atoms with E-state index in [0.717, 1.165) is 49.5 Å². The predicted octanol–water partition coefficient (Wildman–Crippen LogP) is 5.22. The number of rotatable bonds is 6. The number of hydrogen-bond acceptors (Lipinski definition) is 5. The molecule has 1 N–H and O–H groups in total. The normalized spacial score (nSPS) is 16.4. The highest BCUT2D eigenvalue weighted by Crippen LogP contribution is 2.32. The third-order valence-corrected chi connectivity index (χ3v) is 6.07. The minimum atomic E-state index is -0.350. The third kappa shape index (κ3) is 5.37. The van der Waals surface area contributed by atoms with Crippen molar-refractivity contribution in [3.8, 4) is 5.75 Å². The summed E-state index contributed by atoms with van der Waals surface area (Å²) in [7, 11) is 1.70. The van der Waals surface area contributed by atoms with Crippen LogP contribution in [0.15, 0.2) is 48.7 Å². The molecule has 1 fully saturated rings. The van der Waals surface area contributed by atoms with Gasteiger partial charge in [0, 0.05) is 24.0 Å². The van der Waals surface area contributed by atoms with Gasteiger partial charge in [-0.1, -0.05) is 18.6 Å². The van der Waals surface area contributed by atoms with Crippen LogP contribution in [-0.2, 0) is 6.54 Å². The van der Waals surface area contributed by atoms with E-state index in [9.17, 15) is 9.18 Å². The Morgan fingerprint density at radius 2 is 1.97 bits per heavy atom. The van der Waals surface area contributed by atoms with Crippen molar-refractivity contribution in [2.45, 2.75) is 45.7 Å². The molecule has 1 unspecified atom stereocenters. The Morgan fingerprint density at radius 3 is 2.70 bits per heavy atom. The molecule has 0 saturated carbocycles. The zero-order valence-electron chi connectivity index (χ0n) is 19.3. The van der Waals surface area contributed by atoms with Gasteiger partial charge in [0.2, 0.25) is 0 Å². The fourth-order valence-corrected chi connectivity index (χ4v) is 4.27. The van der Waals surface area contributed by atoms with E-state index in [1.807, 2.05) is 6.92 Å². The summed E-state index contributed by atoms with van der Waals surface area (Å²) in [6, 6.07) is 12.0. The number of nitrogens with zero attached hydrogens (tertiary/aromatic N) is 3. The number of benzene rings is 2. The summed E-state index contributed by atoms with van der Waals surface area (Å²) in [5, 5.41) is 2.77. The Bertz CT molecular complexity index is 1130. The average molecular weight is 449 g/mol. The van der Waals surface area contributed by atoms with E-state index < -0.39 is 0 Å². The van der Waals surface area contributed by atoms with Crippen molar-refractivity contribution in [3.05, 3.63) is 82.7 Å². The second-order valence-electron chi connectivity index (χ2n) is 8.49. The van der Waals surface area contributed by atoms with Gasteiger partial charge in [0.25, 0.3) is 5.91 Å². The molecule has 172 valence electrons. The summed E-state index contributed by atoms with van der Waals surface area (Å²) in [5.41, 5.74) is 3.86. The van der Waals surface area contributed by atoms with Crippen LogP contribution in [0, 0.1) is 19.7 Å². The second-order valence-corrected chi connectivity index (χ2v) is 8.49.